The first kappa shape index (κ1) is 31.5. The smallest absolute Gasteiger partial charge is 0.333 e. The van der Waals surface area contributed by atoms with E-state index < -0.39 is 38.1 Å². The summed E-state index contributed by atoms with van der Waals surface area (Å²) in [6.07, 6.45) is 0. The van der Waals surface area contributed by atoms with Crippen LogP contribution >= 0.6 is 0 Å². The van der Waals surface area contributed by atoms with Crippen molar-refractivity contribution >= 4 is 60.9 Å². The second kappa shape index (κ2) is 12.8. The van der Waals surface area contributed by atoms with Crippen LogP contribution in [0.2, 0.25) is 0 Å². The zero-order chi connectivity index (χ0) is 32.1. The van der Waals surface area contributed by atoms with E-state index in [1.165, 1.54) is 72.8 Å². The predicted octanol–water partition coefficient (Wildman–Crippen LogP) is 4.54. The number of nitrogens with two attached hydrogens (primary N) is 1. The lowest BCUT2D eigenvalue weighted by molar-refractivity contribution is 0.255. The summed E-state index contributed by atoms with van der Waals surface area (Å²) in [7, 11) is -8.18. The second-order valence-corrected chi connectivity index (χ2v) is 12.9. The summed E-state index contributed by atoms with van der Waals surface area (Å²) in [5.41, 5.74) is 8.43. The van der Waals surface area contributed by atoms with Crippen LogP contribution in [0.3, 0.4) is 0 Å². The molecule has 13 nitrogen and oxygen atoms in total. The monoisotopic (exact) mass is 636 g/mol. The first-order valence-corrected chi connectivity index (χ1v) is 15.8. The summed E-state index contributed by atoms with van der Waals surface area (Å²) in [5.74, 6) is 0. The average Bonchev–Trinajstić information content (AvgIpc) is 2.94. The Bertz CT molecular complexity index is 1760. The van der Waals surface area contributed by atoms with Gasteiger partial charge in [-0.25, -0.2) is 40.7 Å². The maximum atomic E-state index is 12.4. The van der Waals surface area contributed by atoms with E-state index in [4.69, 9.17) is 5.73 Å². The summed E-state index contributed by atoms with van der Waals surface area (Å²) in [6.45, 7) is 3.61. The van der Waals surface area contributed by atoms with Gasteiger partial charge in [0.25, 0.3) is 20.0 Å². The van der Waals surface area contributed by atoms with Crippen LogP contribution in [0.4, 0.5) is 37.1 Å². The van der Waals surface area contributed by atoms with Crippen molar-refractivity contribution < 1.29 is 31.2 Å². The zero-order valence-corrected chi connectivity index (χ0v) is 25.1. The number of amides is 6. The molecule has 0 aliphatic carbocycles. The number of benzene rings is 4. The Morgan fingerprint density at radius 1 is 0.545 bits per heavy atom. The van der Waals surface area contributed by atoms with E-state index in [0.29, 0.717) is 11.4 Å². The van der Waals surface area contributed by atoms with Crippen LogP contribution in [-0.2, 0) is 20.0 Å². The number of hydrogen-bond acceptors (Lipinski definition) is 7. The number of hydrogen-bond donors (Lipinski definition) is 5. The molecule has 0 unspecified atom stereocenters. The highest BCUT2D eigenvalue weighted by Crippen LogP contribution is 2.28. The fraction of sp³-hybridized carbons (Fsp3) is 0.0690. The Labute approximate surface area is 254 Å². The first-order chi connectivity index (χ1) is 20.7. The highest BCUT2D eigenvalue weighted by atomic mass is 32.2. The van der Waals surface area contributed by atoms with Gasteiger partial charge >= 0.3 is 18.1 Å². The number of nitrogens with zero attached hydrogens (tertiary/aromatic N) is 1. The molecule has 0 saturated carbocycles. The number of urea groups is 3. The van der Waals surface area contributed by atoms with Crippen molar-refractivity contribution in [2.24, 2.45) is 5.73 Å². The topological polar surface area (TPSA) is 197 Å². The largest absolute Gasteiger partial charge is 0.351 e. The molecule has 0 fully saturated rings. The van der Waals surface area contributed by atoms with Gasteiger partial charge in [-0.3, -0.25) is 4.90 Å². The van der Waals surface area contributed by atoms with Crippen molar-refractivity contribution in [1.82, 2.24) is 9.44 Å². The molecule has 228 valence electrons. The van der Waals surface area contributed by atoms with Gasteiger partial charge in [0.1, 0.15) is 0 Å². The lowest BCUT2D eigenvalue weighted by Crippen LogP contribution is -2.34. The molecule has 0 saturated heterocycles. The molecule has 0 bridgehead atoms. The molecular weight excluding hydrogens is 608 g/mol. The third kappa shape index (κ3) is 7.90. The lowest BCUT2D eigenvalue weighted by Gasteiger charge is -2.21. The summed E-state index contributed by atoms with van der Waals surface area (Å²) < 4.78 is 53.7. The fourth-order valence-electron chi connectivity index (χ4n) is 3.90. The molecule has 0 atom stereocenters. The molecule has 0 heterocycles. The van der Waals surface area contributed by atoms with Crippen LogP contribution in [0.5, 0.6) is 0 Å². The van der Waals surface area contributed by atoms with Crippen molar-refractivity contribution in [2.45, 2.75) is 23.6 Å². The summed E-state index contributed by atoms with van der Waals surface area (Å²) in [4.78, 5) is 38.0. The van der Waals surface area contributed by atoms with Gasteiger partial charge in [-0.05, 0) is 86.6 Å². The Morgan fingerprint density at radius 2 is 0.864 bits per heavy atom. The molecule has 0 spiro atoms. The Morgan fingerprint density at radius 3 is 1.16 bits per heavy atom. The number of anilines is 4. The maximum Gasteiger partial charge on any atom is 0.333 e. The molecule has 0 aliphatic rings. The molecule has 6 amide bonds. The van der Waals surface area contributed by atoms with E-state index in [1.54, 1.807) is 38.1 Å². The highest BCUT2D eigenvalue weighted by molar-refractivity contribution is 7.90. The van der Waals surface area contributed by atoms with Crippen molar-refractivity contribution in [1.29, 1.82) is 0 Å². The minimum Gasteiger partial charge on any atom is -0.351 e. The number of primary amides is 1. The molecule has 15 heteroatoms. The summed E-state index contributed by atoms with van der Waals surface area (Å²) in [5, 5.41) is 4.83. The first-order valence-electron chi connectivity index (χ1n) is 12.8. The summed E-state index contributed by atoms with van der Waals surface area (Å²) in [6, 6.07) is 20.8. The Hall–Kier alpha value is -5.41. The van der Waals surface area contributed by atoms with Gasteiger partial charge in [-0.15, -0.1) is 0 Å². The zero-order valence-electron chi connectivity index (χ0n) is 23.4. The number of rotatable bonds is 8. The number of carbonyl (C=O) groups is 3. The van der Waals surface area contributed by atoms with Crippen LogP contribution in [0, 0.1) is 13.8 Å². The van der Waals surface area contributed by atoms with Gasteiger partial charge in [0.2, 0.25) is 0 Å². The fourth-order valence-corrected chi connectivity index (χ4v) is 5.72. The third-order valence-electron chi connectivity index (χ3n) is 6.10. The lowest BCUT2D eigenvalue weighted by atomic mass is 10.2. The normalized spacial score (nSPS) is 11.2. The van der Waals surface area contributed by atoms with Gasteiger partial charge in [-0.1, -0.05) is 35.4 Å². The molecule has 4 aromatic rings. The molecular formula is C29H28N6O7S2. The predicted molar refractivity (Wildman–Crippen MR) is 166 cm³/mol. The number of carbonyl (C=O) groups excluding carboxylic acids is 3. The number of sulfonamides is 2. The van der Waals surface area contributed by atoms with E-state index in [9.17, 15) is 31.2 Å². The van der Waals surface area contributed by atoms with Gasteiger partial charge in [0, 0.05) is 11.4 Å². The minimum atomic E-state index is -4.09. The van der Waals surface area contributed by atoms with Gasteiger partial charge < -0.3 is 16.4 Å². The number of aryl methyl sites for hydroxylation is 2. The van der Waals surface area contributed by atoms with E-state index in [1.807, 2.05) is 9.44 Å². The standard InChI is InChI=1S/C29H28N6O7S2/c1-19-3-15-25(16-4-19)43(39,40)33-28(37)31-21-7-11-23(12-8-21)35(27(30)36)24-13-9-22(10-14-24)32-29(38)34-44(41,42)26-17-5-20(2)6-18-26/h3-18H,1-2H3,(H2,30,36)(H2,31,33,37)(H2,32,34,38). The van der Waals surface area contributed by atoms with Crippen LogP contribution < -0.4 is 30.7 Å². The Balaban J connectivity index is 1.39. The van der Waals surface area contributed by atoms with Crippen LogP contribution in [0.15, 0.2) is 107 Å². The molecule has 0 aliphatic heterocycles. The highest BCUT2D eigenvalue weighted by Gasteiger charge is 2.20. The van der Waals surface area contributed by atoms with Crippen LogP contribution in [0.1, 0.15) is 11.1 Å². The number of nitrogens with one attached hydrogen (secondary N) is 4. The molecule has 0 radical (unpaired) electrons. The third-order valence-corrected chi connectivity index (χ3v) is 8.80. The van der Waals surface area contributed by atoms with Gasteiger partial charge in [0.15, 0.2) is 0 Å². The quantitative estimate of drug-likeness (QED) is 0.187. The van der Waals surface area contributed by atoms with Crippen LogP contribution in [0.25, 0.3) is 0 Å². The van der Waals surface area contributed by atoms with Crippen molar-refractivity contribution in [2.75, 3.05) is 15.5 Å². The Kier molecular flexibility index (Phi) is 9.20. The molecule has 4 aromatic carbocycles. The van der Waals surface area contributed by atoms with Crippen molar-refractivity contribution in [3.05, 3.63) is 108 Å². The van der Waals surface area contributed by atoms with E-state index in [0.717, 1.165) is 16.0 Å². The van der Waals surface area contributed by atoms with E-state index >= 15 is 0 Å². The van der Waals surface area contributed by atoms with Crippen LogP contribution in [-0.4, -0.2) is 34.9 Å². The molecule has 4 rings (SSSR count). The van der Waals surface area contributed by atoms with E-state index in [2.05, 4.69) is 10.6 Å². The molecule has 6 N–H and O–H groups in total. The maximum absolute atomic E-state index is 12.4. The second-order valence-electron chi connectivity index (χ2n) is 9.51. The average molecular weight is 637 g/mol. The van der Waals surface area contributed by atoms with Crippen molar-refractivity contribution in [3.63, 3.8) is 0 Å². The molecule has 44 heavy (non-hydrogen) atoms. The van der Waals surface area contributed by atoms with Gasteiger partial charge in [0.05, 0.1) is 21.2 Å². The van der Waals surface area contributed by atoms with Gasteiger partial charge in [-0.2, -0.15) is 0 Å². The molecule has 0 aromatic heterocycles. The minimum absolute atomic E-state index is 0.0696. The SMILES string of the molecule is Cc1ccc(S(=O)(=O)NC(=O)Nc2ccc(N(C(N)=O)c3ccc(NC(=O)NS(=O)(=O)c4ccc(C)cc4)cc3)cc2)cc1. The van der Waals surface area contributed by atoms with Crippen molar-refractivity contribution in [3.8, 4) is 0 Å². The summed E-state index contributed by atoms with van der Waals surface area (Å²) >= 11 is 0. The van der Waals surface area contributed by atoms with E-state index in [-0.39, 0.29) is 21.2 Å².